The number of hydrogen-bond acceptors (Lipinski definition) is 1. The van der Waals surface area contributed by atoms with Gasteiger partial charge in [-0.1, -0.05) is 12.1 Å². The van der Waals surface area contributed by atoms with Gasteiger partial charge >= 0.3 is 0 Å². The van der Waals surface area contributed by atoms with Crippen molar-refractivity contribution in [1.29, 1.82) is 0 Å². The van der Waals surface area contributed by atoms with E-state index in [2.05, 4.69) is 5.32 Å². The van der Waals surface area contributed by atoms with E-state index in [9.17, 15) is 9.18 Å². The summed E-state index contributed by atoms with van der Waals surface area (Å²) in [5.41, 5.74) is 1.33. The number of anilines is 1. The van der Waals surface area contributed by atoms with E-state index < -0.39 is 5.82 Å². The molecule has 100 valence electrons. The molecule has 1 heterocycles. The summed E-state index contributed by atoms with van der Waals surface area (Å²) in [6, 6.07) is 9.94. The number of carbonyl (C=O) groups excluding carboxylic acids is 1. The lowest BCUT2D eigenvalue weighted by Gasteiger charge is -2.03. The first kappa shape index (κ1) is 15.1. The smallest absolute Gasteiger partial charge is 0.290 e. The van der Waals surface area contributed by atoms with Crippen LogP contribution in [0.2, 0.25) is 0 Å². The number of aromatic nitrogens is 1. The van der Waals surface area contributed by atoms with Crippen molar-refractivity contribution in [1.82, 2.24) is 0 Å². The van der Waals surface area contributed by atoms with Gasteiger partial charge in [0.1, 0.15) is 5.82 Å². The molecule has 0 saturated heterocycles. The van der Waals surface area contributed by atoms with Gasteiger partial charge in [0, 0.05) is 12.1 Å². The monoisotopic (exact) mass is 280 g/mol. The quantitative estimate of drug-likeness (QED) is 0.724. The summed E-state index contributed by atoms with van der Waals surface area (Å²) in [5, 5.41) is 2.54. The molecule has 0 aliphatic heterocycles. The van der Waals surface area contributed by atoms with Crippen molar-refractivity contribution >= 4 is 11.6 Å². The third-order valence-corrected chi connectivity index (χ3v) is 2.53. The van der Waals surface area contributed by atoms with Crippen LogP contribution in [0, 0.1) is 12.7 Å². The molecule has 0 bridgehead atoms. The highest BCUT2D eigenvalue weighted by Gasteiger charge is 2.11. The van der Waals surface area contributed by atoms with Crippen LogP contribution in [-0.2, 0) is 11.3 Å². The van der Waals surface area contributed by atoms with E-state index in [1.807, 2.05) is 31.5 Å². The van der Waals surface area contributed by atoms with Crippen LogP contribution in [0.25, 0.3) is 0 Å². The van der Waals surface area contributed by atoms with Crippen molar-refractivity contribution in [3.05, 3.63) is 60.2 Å². The molecule has 5 heteroatoms. The van der Waals surface area contributed by atoms with E-state index in [4.69, 9.17) is 0 Å². The van der Waals surface area contributed by atoms with Crippen LogP contribution < -0.4 is 22.3 Å². The van der Waals surface area contributed by atoms with Gasteiger partial charge in [-0.05, 0) is 24.6 Å². The van der Waals surface area contributed by atoms with Crippen LogP contribution in [0.5, 0.6) is 0 Å². The molecule has 2 aromatic rings. The number of rotatable bonds is 3. The minimum absolute atomic E-state index is 0. The average molecular weight is 281 g/mol. The first-order valence-electron chi connectivity index (χ1n) is 5.65. The third-order valence-electron chi connectivity index (χ3n) is 2.53. The van der Waals surface area contributed by atoms with E-state index in [0.717, 1.165) is 5.56 Å². The summed E-state index contributed by atoms with van der Waals surface area (Å²) in [6.07, 6.45) is 3.63. The third kappa shape index (κ3) is 4.34. The molecular formula is C14H14ClFN2O. The Balaban J connectivity index is 0.00000180. The molecule has 1 aromatic carbocycles. The van der Waals surface area contributed by atoms with Gasteiger partial charge in [-0.3, -0.25) is 4.79 Å². The molecule has 3 nitrogen and oxygen atoms in total. The highest BCUT2D eigenvalue weighted by Crippen LogP contribution is 2.11. The largest absolute Gasteiger partial charge is 1.00 e. The lowest BCUT2D eigenvalue weighted by molar-refractivity contribution is -0.684. The van der Waals surface area contributed by atoms with E-state index in [-0.39, 0.29) is 30.5 Å². The van der Waals surface area contributed by atoms with Gasteiger partial charge in [0.2, 0.25) is 6.54 Å². The molecule has 19 heavy (non-hydrogen) atoms. The van der Waals surface area contributed by atoms with Crippen LogP contribution in [-0.4, -0.2) is 5.91 Å². The number of para-hydroxylation sites is 1. The predicted octanol–water partition coefficient (Wildman–Crippen LogP) is -0.936. The second-order valence-electron chi connectivity index (χ2n) is 4.08. The molecule has 0 aliphatic carbocycles. The zero-order valence-corrected chi connectivity index (χ0v) is 11.2. The number of halogens is 2. The van der Waals surface area contributed by atoms with Crippen molar-refractivity contribution in [3.8, 4) is 0 Å². The topological polar surface area (TPSA) is 33.0 Å². The minimum atomic E-state index is -0.431. The van der Waals surface area contributed by atoms with Gasteiger partial charge in [0.15, 0.2) is 12.4 Å². The van der Waals surface area contributed by atoms with Crippen LogP contribution >= 0.6 is 0 Å². The molecule has 1 N–H and O–H groups in total. The number of nitrogens with one attached hydrogen (secondary N) is 1. The molecule has 1 aromatic heterocycles. The maximum Gasteiger partial charge on any atom is 0.290 e. The van der Waals surface area contributed by atoms with E-state index in [1.165, 1.54) is 12.1 Å². The molecule has 0 spiro atoms. The number of amides is 1. The minimum Gasteiger partial charge on any atom is -1.00 e. The standard InChI is InChI=1S/C14H13FN2O.ClH/c1-11-6-8-17(9-7-11)10-14(18)16-13-5-3-2-4-12(13)15;/h2-9H,10H2,1H3;1H. The highest BCUT2D eigenvalue weighted by molar-refractivity contribution is 5.89. The fourth-order valence-electron chi connectivity index (χ4n) is 1.56. The van der Waals surface area contributed by atoms with Crippen molar-refractivity contribution in [3.63, 3.8) is 0 Å². The Morgan fingerprint density at radius 2 is 1.84 bits per heavy atom. The normalized spacial score (nSPS) is 9.58. The Kier molecular flexibility index (Phi) is 5.45. The molecule has 0 saturated carbocycles. The highest BCUT2D eigenvalue weighted by atomic mass is 35.5. The number of carbonyl (C=O) groups is 1. The van der Waals surface area contributed by atoms with Crippen molar-refractivity contribution in [2.75, 3.05) is 5.32 Å². The molecule has 0 fully saturated rings. The second kappa shape index (κ2) is 6.85. The molecule has 0 unspecified atom stereocenters. The molecule has 2 rings (SSSR count). The first-order valence-corrected chi connectivity index (χ1v) is 5.65. The van der Waals surface area contributed by atoms with Crippen molar-refractivity contribution in [2.24, 2.45) is 0 Å². The number of aryl methyl sites for hydroxylation is 1. The van der Waals surface area contributed by atoms with Crippen molar-refractivity contribution in [2.45, 2.75) is 13.5 Å². The fourth-order valence-corrected chi connectivity index (χ4v) is 1.56. The number of hydrogen-bond donors (Lipinski definition) is 1. The summed E-state index contributed by atoms with van der Waals surface area (Å²) in [5.74, 6) is -0.686. The zero-order chi connectivity index (χ0) is 13.0. The van der Waals surface area contributed by atoms with Gasteiger partial charge in [-0.2, -0.15) is 4.57 Å². The lowest BCUT2D eigenvalue weighted by atomic mass is 10.3. The molecule has 0 atom stereocenters. The maximum atomic E-state index is 13.3. The summed E-state index contributed by atoms with van der Waals surface area (Å²) in [4.78, 5) is 11.7. The van der Waals surface area contributed by atoms with Gasteiger partial charge in [0.05, 0.1) is 5.69 Å². The second-order valence-corrected chi connectivity index (χ2v) is 4.08. The van der Waals surface area contributed by atoms with Crippen molar-refractivity contribution < 1.29 is 26.2 Å². The van der Waals surface area contributed by atoms with Gasteiger partial charge in [-0.15, -0.1) is 0 Å². The Morgan fingerprint density at radius 1 is 1.21 bits per heavy atom. The maximum absolute atomic E-state index is 13.3. The van der Waals surface area contributed by atoms with Crippen LogP contribution in [0.1, 0.15) is 5.56 Å². The van der Waals surface area contributed by atoms with Crippen LogP contribution in [0.15, 0.2) is 48.8 Å². The summed E-state index contributed by atoms with van der Waals surface area (Å²) < 4.78 is 15.1. The Morgan fingerprint density at radius 3 is 2.47 bits per heavy atom. The molecule has 0 radical (unpaired) electrons. The van der Waals surface area contributed by atoms with Gasteiger partial charge < -0.3 is 17.7 Å². The fraction of sp³-hybridized carbons (Fsp3) is 0.143. The molecule has 0 aliphatic rings. The Bertz CT molecular complexity index is 558. The summed E-state index contributed by atoms with van der Waals surface area (Å²) in [6.45, 7) is 2.14. The first-order chi connectivity index (χ1) is 8.65. The van der Waals surface area contributed by atoms with Gasteiger partial charge in [-0.25, -0.2) is 4.39 Å². The van der Waals surface area contributed by atoms with Gasteiger partial charge in [0.25, 0.3) is 5.91 Å². The van der Waals surface area contributed by atoms with E-state index >= 15 is 0 Å². The molecular weight excluding hydrogens is 267 g/mol. The van der Waals surface area contributed by atoms with E-state index in [0.29, 0.717) is 0 Å². The predicted molar refractivity (Wildman–Crippen MR) is 66.4 cm³/mol. The SMILES string of the molecule is Cc1cc[n+](CC(=O)Nc2ccccc2F)cc1.[Cl-]. The zero-order valence-electron chi connectivity index (χ0n) is 10.4. The Labute approximate surface area is 117 Å². The Hall–Kier alpha value is -1.94. The number of nitrogens with zero attached hydrogens (tertiary/aromatic N) is 1. The summed E-state index contributed by atoms with van der Waals surface area (Å²) >= 11 is 0. The van der Waals surface area contributed by atoms with Crippen LogP contribution in [0.4, 0.5) is 10.1 Å². The lowest BCUT2D eigenvalue weighted by Crippen LogP contribution is -3.00. The van der Waals surface area contributed by atoms with E-state index in [1.54, 1.807) is 16.7 Å². The van der Waals surface area contributed by atoms with Crippen LogP contribution in [0.3, 0.4) is 0 Å². The summed E-state index contributed by atoms with van der Waals surface area (Å²) in [7, 11) is 0. The molecule has 1 amide bonds. The average Bonchev–Trinajstić information content (AvgIpc) is 2.35. The number of benzene rings is 1. The number of pyridine rings is 1.